The van der Waals surface area contributed by atoms with Gasteiger partial charge in [0.2, 0.25) is 0 Å². The van der Waals surface area contributed by atoms with Gasteiger partial charge in [-0.3, -0.25) is 0 Å². The first-order chi connectivity index (χ1) is 23.1. The summed E-state index contributed by atoms with van der Waals surface area (Å²) in [7, 11) is 0. The summed E-state index contributed by atoms with van der Waals surface area (Å²) in [4.78, 5) is 6.59. The Labute approximate surface area is 273 Å². The van der Waals surface area contributed by atoms with Gasteiger partial charge in [0, 0.05) is 63.1 Å². The smallest absolute Gasteiger partial charge is 0.0877 e. The van der Waals surface area contributed by atoms with Crippen molar-refractivity contribution in [2.45, 2.75) is 25.9 Å². The molecule has 0 spiro atoms. The summed E-state index contributed by atoms with van der Waals surface area (Å²) < 4.78 is 2.45. The summed E-state index contributed by atoms with van der Waals surface area (Å²) in [6, 6.07) is 35.7. The first kappa shape index (κ1) is 27.4. The number of dihydropyridines is 2. The molecule has 0 amide bonds. The van der Waals surface area contributed by atoms with Crippen LogP contribution < -0.4 is 10.6 Å². The molecular formula is C42H35N5. The van der Waals surface area contributed by atoms with Crippen molar-refractivity contribution in [3.63, 3.8) is 0 Å². The van der Waals surface area contributed by atoms with Gasteiger partial charge in [-0.1, -0.05) is 72.8 Å². The molecule has 2 atom stereocenters. The summed E-state index contributed by atoms with van der Waals surface area (Å²) in [6.45, 7) is 4.34. The number of allylic oxidation sites excluding steroid dienone is 4. The van der Waals surface area contributed by atoms with Crippen LogP contribution in [0.15, 0.2) is 151 Å². The minimum atomic E-state index is 0.0679. The zero-order chi connectivity index (χ0) is 31.5. The normalized spacial score (nSPS) is 18.0. The highest BCUT2D eigenvalue weighted by Crippen LogP contribution is 2.39. The van der Waals surface area contributed by atoms with Gasteiger partial charge in [0.05, 0.1) is 23.1 Å². The maximum Gasteiger partial charge on any atom is 0.0877 e. The van der Waals surface area contributed by atoms with Gasteiger partial charge < -0.3 is 25.2 Å². The Balaban J connectivity index is 1.18. The van der Waals surface area contributed by atoms with Crippen LogP contribution in [0.2, 0.25) is 0 Å². The molecule has 0 radical (unpaired) electrons. The molecule has 228 valence electrons. The second kappa shape index (κ2) is 10.8. The number of fused-ring (bicyclic) bond motifs is 5. The van der Waals surface area contributed by atoms with E-state index in [-0.39, 0.29) is 12.1 Å². The molecule has 5 heteroatoms. The predicted octanol–water partition coefficient (Wildman–Crippen LogP) is 9.86. The molecule has 0 aliphatic carbocycles. The fourth-order valence-electron chi connectivity index (χ4n) is 7.34. The zero-order valence-corrected chi connectivity index (χ0v) is 26.4. The minimum Gasteiger partial charge on any atom is -0.374 e. The van der Waals surface area contributed by atoms with E-state index in [1.165, 1.54) is 66.1 Å². The fourth-order valence-corrected chi connectivity index (χ4v) is 7.34. The minimum absolute atomic E-state index is 0.0679. The largest absolute Gasteiger partial charge is 0.374 e. The topological polar surface area (TPSA) is 60.6 Å². The van der Waals surface area contributed by atoms with Crippen LogP contribution in [0.3, 0.4) is 0 Å². The molecular weight excluding hydrogens is 574 g/mol. The number of aromatic amines is 2. The van der Waals surface area contributed by atoms with Crippen LogP contribution in [0.25, 0.3) is 49.7 Å². The molecule has 0 saturated carbocycles. The monoisotopic (exact) mass is 609 g/mol. The lowest BCUT2D eigenvalue weighted by Gasteiger charge is -2.25. The Morgan fingerprint density at radius 1 is 0.702 bits per heavy atom. The first-order valence-corrected chi connectivity index (χ1v) is 16.3. The van der Waals surface area contributed by atoms with Gasteiger partial charge in [0.1, 0.15) is 0 Å². The first-order valence-electron chi connectivity index (χ1n) is 16.3. The van der Waals surface area contributed by atoms with Crippen LogP contribution in [0.1, 0.15) is 48.3 Å². The maximum atomic E-state index is 3.81. The highest BCUT2D eigenvalue weighted by Gasteiger charge is 2.22. The molecule has 2 unspecified atom stereocenters. The standard InChI is InChI=1S/C42H35N5/c1-26-10-18-37(45-40(26)31-20-22-43-25-31)30-14-16-34-35-17-12-28-23-29(36-19-11-27(2)41(46-36)38-9-6-21-44-38)13-15-33(28)42(35)47(39(34)24-30)32-7-4-3-5-8-32/h3-25,37,41,43-46H,1-2H3. The second-order valence-corrected chi connectivity index (χ2v) is 12.7. The molecule has 47 heavy (non-hydrogen) atoms. The van der Waals surface area contributed by atoms with Gasteiger partial charge in [0.25, 0.3) is 0 Å². The van der Waals surface area contributed by atoms with E-state index >= 15 is 0 Å². The molecule has 9 rings (SSSR count). The van der Waals surface area contributed by atoms with Gasteiger partial charge in [0.15, 0.2) is 0 Å². The Morgan fingerprint density at radius 2 is 1.57 bits per heavy atom. The van der Waals surface area contributed by atoms with Crippen molar-refractivity contribution < 1.29 is 0 Å². The maximum absolute atomic E-state index is 3.81. The quantitative estimate of drug-likeness (QED) is 0.157. The predicted molar refractivity (Wildman–Crippen MR) is 195 cm³/mol. The lowest BCUT2D eigenvalue weighted by atomic mass is 9.96. The second-order valence-electron chi connectivity index (χ2n) is 12.7. The van der Waals surface area contributed by atoms with E-state index in [4.69, 9.17) is 0 Å². The third-order valence-electron chi connectivity index (χ3n) is 9.77. The molecule has 4 aromatic carbocycles. The van der Waals surface area contributed by atoms with Gasteiger partial charge in [-0.25, -0.2) is 0 Å². The molecule has 5 heterocycles. The van der Waals surface area contributed by atoms with Crippen LogP contribution in [0.5, 0.6) is 0 Å². The summed E-state index contributed by atoms with van der Waals surface area (Å²) >= 11 is 0. The lowest BCUT2D eigenvalue weighted by molar-refractivity contribution is 0.700. The van der Waals surface area contributed by atoms with Crippen molar-refractivity contribution in [3.05, 3.63) is 173 Å². The Bertz CT molecular complexity index is 2420. The molecule has 7 aromatic rings. The third kappa shape index (κ3) is 4.54. The number of benzene rings is 4. The van der Waals surface area contributed by atoms with Crippen molar-refractivity contribution in [1.29, 1.82) is 0 Å². The van der Waals surface area contributed by atoms with E-state index in [0.29, 0.717) is 0 Å². The van der Waals surface area contributed by atoms with Crippen LogP contribution >= 0.6 is 0 Å². The van der Waals surface area contributed by atoms with E-state index in [1.807, 2.05) is 18.6 Å². The number of para-hydroxylation sites is 1. The highest BCUT2D eigenvalue weighted by molar-refractivity contribution is 6.19. The Hall–Kier alpha value is -5.94. The molecule has 2 aliphatic rings. The van der Waals surface area contributed by atoms with Crippen molar-refractivity contribution >= 4 is 44.0 Å². The lowest BCUT2D eigenvalue weighted by Crippen LogP contribution is -2.23. The molecule has 2 aliphatic heterocycles. The molecule has 0 bridgehead atoms. The van der Waals surface area contributed by atoms with Crippen LogP contribution in [-0.2, 0) is 0 Å². The van der Waals surface area contributed by atoms with E-state index < -0.39 is 0 Å². The van der Waals surface area contributed by atoms with E-state index in [0.717, 1.165) is 17.1 Å². The van der Waals surface area contributed by atoms with Crippen molar-refractivity contribution in [2.75, 3.05) is 0 Å². The van der Waals surface area contributed by atoms with E-state index in [9.17, 15) is 0 Å². The summed E-state index contributed by atoms with van der Waals surface area (Å²) in [5.74, 6) is 0. The van der Waals surface area contributed by atoms with Crippen LogP contribution in [0, 0.1) is 0 Å². The van der Waals surface area contributed by atoms with Gasteiger partial charge in [-0.05, 0) is 90.0 Å². The fraction of sp³-hybridized carbons (Fsp3) is 0.0952. The van der Waals surface area contributed by atoms with E-state index in [2.05, 4.69) is 160 Å². The molecule has 0 saturated heterocycles. The SMILES string of the molecule is CC1=CC=C(c2ccc3c(ccc4c5ccc(C6C=CC(C)=C(c7cc[nH]c7)N6)cc5n(-c5ccccc5)c34)c2)NC1c1ccc[nH]1. The van der Waals surface area contributed by atoms with Crippen LogP contribution in [-0.4, -0.2) is 14.5 Å². The van der Waals surface area contributed by atoms with Crippen molar-refractivity contribution in [3.8, 4) is 5.69 Å². The zero-order valence-electron chi connectivity index (χ0n) is 26.4. The number of nitrogens with one attached hydrogen (secondary N) is 4. The number of nitrogens with zero attached hydrogens (tertiary/aromatic N) is 1. The van der Waals surface area contributed by atoms with Gasteiger partial charge in [-0.2, -0.15) is 0 Å². The van der Waals surface area contributed by atoms with Gasteiger partial charge >= 0.3 is 0 Å². The average molecular weight is 610 g/mol. The molecule has 4 N–H and O–H groups in total. The molecule has 5 nitrogen and oxygen atoms in total. The molecule has 3 aromatic heterocycles. The van der Waals surface area contributed by atoms with E-state index in [1.54, 1.807) is 0 Å². The average Bonchev–Trinajstić information content (AvgIpc) is 3.90. The van der Waals surface area contributed by atoms with Gasteiger partial charge in [-0.15, -0.1) is 0 Å². The van der Waals surface area contributed by atoms with Crippen molar-refractivity contribution in [1.82, 2.24) is 25.2 Å². The summed E-state index contributed by atoms with van der Waals surface area (Å²) in [5, 5.41) is 12.5. The number of aromatic nitrogens is 3. The van der Waals surface area contributed by atoms with Crippen molar-refractivity contribution in [2.24, 2.45) is 0 Å². The number of H-pyrrole nitrogens is 2. The van der Waals surface area contributed by atoms with Crippen LogP contribution in [0.4, 0.5) is 0 Å². The summed E-state index contributed by atoms with van der Waals surface area (Å²) in [6.07, 6.45) is 14.9. The number of hydrogen-bond acceptors (Lipinski definition) is 2. The Morgan fingerprint density at radius 3 is 2.40 bits per heavy atom. The highest BCUT2D eigenvalue weighted by atomic mass is 15.0. The number of rotatable bonds is 5. The number of hydrogen-bond donors (Lipinski definition) is 4. The molecule has 0 fully saturated rings. The third-order valence-corrected chi connectivity index (χ3v) is 9.77. The summed E-state index contributed by atoms with van der Waals surface area (Å²) in [5.41, 5.74) is 13.2. The Kier molecular flexibility index (Phi) is 6.32.